The van der Waals surface area contributed by atoms with Crippen LogP contribution in [0, 0.1) is 12.8 Å². The first-order valence-corrected chi connectivity index (χ1v) is 11.6. The summed E-state index contributed by atoms with van der Waals surface area (Å²) in [5.74, 6) is -0.00639. The number of nitrogens with zero attached hydrogens (tertiary/aromatic N) is 2. The van der Waals surface area contributed by atoms with Gasteiger partial charge in [0, 0.05) is 24.7 Å². The highest BCUT2D eigenvalue weighted by atomic mass is 32.2. The van der Waals surface area contributed by atoms with E-state index in [1.54, 1.807) is 18.3 Å². The van der Waals surface area contributed by atoms with Gasteiger partial charge in [-0.25, -0.2) is 8.42 Å². The van der Waals surface area contributed by atoms with Gasteiger partial charge in [-0.2, -0.15) is 4.31 Å². The molecule has 1 fully saturated rings. The van der Waals surface area contributed by atoms with E-state index < -0.39 is 15.9 Å². The molecule has 0 bridgehead atoms. The number of ether oxygens (including phenoxy) is 1. The van der Waals surface area contributed by atoms with Crippen molar-refractivity contribution in [3.63, 3.8) is 0 Å². The number of nitrogens with one attached hydrogen (secondary N) is 1. The number of carbonyl (C=O) groups excluding carboxylic acids is 1. The Bertz CT molecular complexity index is 1210. The van der Waals surface area contributed by atoms with Crippen LogP contribution >= 0.6 is 0 Å². The number of fused-ring (bicyclic) bond motifs is 1. The summed E-state index contributed by atoms with van der Waals surface area (Å²) in [6, 6.07) is 13.9. The van der Waals surface area contributed by atoms with Crippen molar-refractivity contribution in [2.75, 3.05) is 25.5 Å². The quantitative estimate of drug-likeness (QED) is 0.656. The molecule has 1 atom stereocenters. The molecule has 1 amide bonds. The van der Waals surface area contributed by atoms with Crippen molar-refractivity contribution < 1.29 is 17.9 Å². The SMILES string of the molecule is COc1ccc(S(=O)(=O)N2CCCC(C(=O)Nc3ccc(C)c4ncccc34)C2)cc1. The fourth-order valence-electron chi connectivity index (χ4n) is 3.93. The van der Waals surface area contributed by atoms with E-state index in [-0.39, 0.29) is 17.3 Å². The fourth-order valence-corrected chi connectivity index (χ4v) is 5.45. The number of methoxy groups -OCH3 is 1. The maximum absolute atomic E-state index is 13.1. The summed E-state index contributed by atoms with van der Waals surface area (Å²) in [5.41, 5.74) is 2.56. The van der Waals surface area contributed by atoms with E-state index in [0.717, 1.165) is 16.5 Å². The third kappa shape index (κ3) is 4.26. The first-order chi connectivity index (χ1) is 14.9. The van der Waals surface area contributed by atoms with Gasteiger partial charge in [0.1, 0.15) is 5.75 Å². The zero-order chi connectivity index (χ0) is 22.0. The lowest BCUT2D eigenvalue weighted by Gasteiger charge is -2.31. The van der Waals surface area contributed by atoms with E-state index in [0.29, 0.717) is 30.8 Å². The Balaban J connectivity index is 1.52. The van der Waals surface area contributed by atoms with Crippen molar-refractivity contribution in [3.05, 3.63) is 60.3 Å². The molecule has 7 nitrogen and oxygen atoms in total. The smallest absolute Gasteiger partial charge is 0.243 e. The number of piperidine rings is 1. The molecular weight excluding hydrogens is 414 g/mol. The van der Waals surface area contributed by atoms with Crippen molar-refractivity contribution >= 4 is 32.5 Å². The molecule has 1 unspecified atom stereocenters. The van der Waals surface area contributed by atoms with Crippen LogP contribution in [0.25, 0.3) is 10.9 Å². The normalized spacial score (nSPS) is 17.4. The van der Waals surface area contributed by atoms with Gasteiger partial charge in [-0.3, -0.25) is 9.78 Å². The number of hydrogen-bond acceptors (Lipinski definition) is 5. The van der Waals surface area contributed by atoms with Gasteiger partial charge in [0.25, 0.3) is 0 Å². The van der Waals surface area contributed by atoms with Crippen LogP contribution in [0.4, 0.5) is 5.69 Å². The topological polar surface area (TPSA) is 88.6 Å². The number of aromatic nitrogens is 1. The lowest BCUT2D eigenvalue weighted by Crippen LogP contribution is -2.43. The Labute approximate surface area is 182 Å². The molecular formula is C23H25N3O4S. The summed E-state index contributed by atoms with van der Waals surface area (Å²) >= 11 is 0. The summed E-state index contributed by atoms with van der Waals surface area (Å²) in [5, 5.41) is 3.86. The van der Waals surface area contributed by atoms with Crippen LogP contribution in [-0.4, -0.2) is 43.8 Å². The average molecular weight is 440 g/mol. The first-order valence-electron chi connectivity index (χ1n) is 10.2. The molecule has 1 aromatic heterocycles. The average Bonchev–Trinajstić information content (AvgIpc) is 2.81. The molecule has 0 aliphatic carbocycles. The number of carbonyl (C=O) groups is 1. The standard InChI is InChI=1S/C23H25N3O4S/c1-16-7-12-21(20-6-3-13-24-22(16)20)25-23(27)17-5-4-14-26(15-17)31(28,29)19-10-8-18(30-2)9-11-19/h3,6-13,17H,4-5,14-15H2,1-2H3,(H,25,27). The zero-order valence-electron chi connectivity index (χ0n) is 17.5. The van der Waals surface area contributed by atoms with Crippen LogP contribution in [0.2, 0.25) is 0 Å². The van der Waals surface area contributed by atoms with Gasteiger partial charge in [-0.05, 0) is 67.8 Å². The largest absolute Gasteiger partial charge is 0.497 e. The molecule has 2 heterocycles. The first kappa shape index (κ1) is 21.3. The molecule has 1 N–H and O–H groups in total. The number of benzene rings is 2. The van der Waals surface area contributed by atoms with Crippen LogP contribution in [-0.2, 0) is 14.8 Å². The number of pyridine rings is 1. The number of rotatable bonds is 5. The van der Waals surface area contributed by atoms with Gasteiger partial charge in [0.05, 0.1) is 29.1 Å². The lowest BCUT2D eigenvalue weighted by molar-refractivity contribution is -0.120. The molecule has 1 saturated heterocycles. The highest BCUT2D eigenvalue weighted by Gasteiger charge is 2.33. The van der Waals surface area contributed by atoms with Crippen LogP contribution in [0.1, 0.15) is 18.4 Å². The number of aryl methyl sites for hydroxylation is 1. The molecule has 162 valence electrons. The molecule has 2 aromatic carbocycles. The molecule has 1 aliphatic rings. The van der Waals surface area contributed by atoms with Crippen LogP contribution < -0.4 is 10.1 Å². The molecule has 1 aliphatic heterocycles. The van der Waals surface area contributed by atoms with E-state index in [1.165, 1.54) is 23.5 Å². The highest BCUT2D eigenvalue weighted by Crippen LogP contribution is 2.28. The van der Waals surface area contributed by atoms with Crippen molar-refractivity contribution in [3.8, 4) is 5.75 Å². The van der Waals surface area contributed by atoms with Crippen LogP contribution in [0.3, 0.4) is 0 Å². The Hall–Kier alpha value is -2.97. The number of anilines is 1. The van der Waals surface area contributed by atoms with E-state index in [1.807, 2.05) is 31.2 Å². The van der Waals surface area contributed by atoms with E-state index in [2.05, 4.69) is 10.3 Å². The molecule has 8 heteroatoms. The second kappa shape index (κ2) is 8.64. The van der Waals surface area contributed by atoms with Crippen molar-refractivity contribution in [1.29, 1.82) is 0 Å². The van der Waals surface area contributed by atoms with Crippen molar-refractivity contribution in [1.82, 2.24) is 9.29 Å². The van der Waals surface area contributed by atoms with Crippen molar-refractivity contribution in [2.24, 2.45) is 5.92 Å². The minimum Gasteiger partial charge on any atom is -0.497 e. The predicted molar refractivity (Wildman–Crippen MR) is 120 cm³/mol. The molecule has 4 rings (SSSR count). The summed E-state index contributed by atoms with van der Waals surface area (Å²) in [6.07, 6.45) is 3.00. The Morgan fingerprint density at radius 3 is 2.68 bits per heavy atom. The molecule has 31 heavy (non-hydrogen) atoms. The number of sulfonamides is 1. The molecule has 0 saturated carbocycles. The van der Waals surface area contributed by atoms with Gasteiger partial charge in [0.15, 0.2) is 0 Å². The lowest BCUT2D eigenvalue weighted by atomic mass is 9.98. The van der Waals surface area contributed by atoms with Gasteiger partial charge in [-0.15, -0.1) is 0 Å². The molecule has 0 radical (unpaired) electrons. The Kier molecular flexibility index (Phi) is 5.93. The number of amides is 1. The number of hydrogen-bond donors (Lipinski definition) is 1. The van der Waals surface area contributed by atoms with Gasteiger partial charge >= 0.3 is 0 Å². The minimum atomic E-state index is -3.68. The third-order valence-corrected chi connectivity index (χ3v) is 7.56. The van der Waals surface area contributed by atoms with Gasteiger partial charge in [-0.1, -0.05) is 6.07 Å². The third-order valence-electron chi connectivity index (χ3n) is 5.68. The zero-order valence-corrected chi connectivity index (χ0v) is 18.4. The van der Waals surface area contributed by atoms with E-state index in [9.17, 15) is 13.2 Å². The summed E-state index contributed by atoms with van der Waals surface area (Å²) < 4.78 is 32.6. The molecule has 0 spiro atoms. The predicted octanol–water partition coefficient (Wildman–Crippen LogP) is 3.59. The summed E-state index contributed by atoms with van der Waals surface area (Å²) in [7, 11) is -2.15. The highest BCUT2D eigenvalue weighted by molar-refractivity contribution is 7.89. The van der Waals surface area contributed by atoms with Crippen LogP contribution in [0.5, 0.6) is 5.75 Å². The van der Waals surface area contributed by atoms with Gasteiger partial charge in [0.2, 0.25) is 15.9 Å². The summed E-state index contributed by atoms with van der Waals surface area (Å²) in [6.45, 7) is 2.53. The van der Waals surface area contributed by atoms with Gasteiger partial charge < -0.3 is 10.1 Å². The maximum Gasteiger partial charge on any atom is 0.243 e. The second-order valence-electron chi connectivity index (χ2n) is 7.70. The van der Waals surface area contributed by atoms with Crippen molar-refractivity contribution in [2.45, 2.75) is 24.7 Å². The summed E-state index contributed by atoms with van der Waals surface area (Å²) in [4.78, 5) is 17.6. The minimum absolute atomic E-state index is 0.155. The van der Waals surface area contributed by atoms with Crippen LogP contribution in [0.15, 0.2) is 59.6 Å². The van der Waals surface area contributed by atoms with E-state index >= 15 is 0 Å². The Morgan fingerprint density at radius 1 is 1.16 bits per heavy atom. The maximum atomic E-state index is 13.1. The fraction of sp³-hybridized carbons (Fsp3) is 0.304. The monoisotopic (exact) mass is 439 g/mol. The van der Waals surface area contributed by atoms with E-state index in [4.69, 9.17) is 4.74 Å². The molecule has 3 aromatic rings. The second-order valence-corrected chi connectivity index (χ2v) is 9.63. The Morgan fingerprint density at radius 2 is 1.94 bits per heavy atom.